The van der Waals surface area contributed by atoms with Crippen LogP contribution in [-0.4, -0.2) is 30.4 Å². The summed E-state index contributed by atoms with van der Waals surface area (Å²) in [6, 6.07) is 3.44. The fourth-order valence-electron chi connectivity index (χ4n) is 0.794. The van der Waals surface area contributed by atoms with Crippen molar-refractivity contribution in [2.75, 3.05) is 7.05 Å². The van der Waals surface area contributed by atoms with Gasteiger partial charge in [-0.05, 0) is 11.5 Å². The van der Waals surface area contributed by atoms with E-state index in [9.17, 15) is 0 Å². The average Bonchev–Trinajstić information content (AvgIpc) is 2.17. The Bertz CT molecular complexity index is 272. The van der Waals surface area contributed by atoms with Crippen LogP contribution in [0.1, 0.15) is 5.69 Å². The van der Waals surface area contributed by atoms with Gasteiger partial charge >= 0.3 is 7.48 Å². The average molecular weight is 163 g/mol. The summed E-state index contributed by atoms with van der Waals surface area (Å²) in [6.07, 6.45) is 1.56. The second kappa shape index (κ2) is 3.87. The minimum Gasteiger partial charge on any atom is -0.449 e. The molecule has 0 radical (unpaired) electrons. The molecule has 5 heteroatoms. The molecule has 0 aliphatic heterocycles. The third kappa shape index (κ3) is 1.82. The van der Waals surface area contributed by atoms with Crippen molar-refractivity contribution in [2.24, 2.45) is 0 Å². The Balaban J connectivity index is 2.84. The van der Waals surface area contributed by atoms with Gasteiger partial charge in [0.1, 0.15) is 11.5 Å². The van der Waals surface area contributed by atoms with Gasteiger partial charge in [-0.3, -0.25) is 10.4 Å². The maximum absolute atomic E-state index is 8.71. The zero-order chi connectivity index (χ0) is 8.97. The Morgan fingerprint density at radius 2 is 2.42 bits per heavy atom. The monoisotopic (exact) mass is 163 g/mol. The number of rotatable bonds is 2. The summed E-state index contributed by atoms with van der Waals surface area (Å²) in [7, 11) is 1.66. The van der Waals surface area contributed by atoms with Gasteiger partial charge < -0.3 is 10.3 Å². The van der Waals surface area contributed by atoms with Crippen molar-refractivity contribution in [3.05, 3.63) is 24.0 Å². The Morgan fingerprint density at radius 1 is 1.67 bits per heavy atom. The second-order valence-electron chi connectivity index (χ2n) is 2.33. The Kier molecular flexibility index (Phi) is 2.82. The molecule has 1 aromatic rings. The molecule has 0 aliphatic rings. The number of aromatic nitrogens is 1. The largest absolute Gasteiger partial charge is 0.449 e. The summed E-state index contributed by atoms with van der Waals surface area (Å²) >= 11 is 0. The Hall–Kier alpha value is -1.36. The molecule has 0 atom stereocenters. The van der Waals surface area contributed by atoms with E-state index in [4.69, 9.17) is 10.4 Å². The van der Waals surface area contributed by atoms with Gasteiger partial charge in [-0.2, -0.15) is 0 Å². The first kappa shape index (κ1) is 8.74. The van der Waals surface area contributed by atoms with Crippen molar-refractivity contribution in [2.45, 2.75) is 0 Å². The number of nitrogens with one attached hydrogen (secondary N) is 2. The number of nitrogens with zero attached hydrogens (tertiary/aromatic N) is 1. The summed E-state index contributed by atoms with van der Waals surface area (Å²) in [5, 5.41) is 18.8. The fraction of sp³-hybridized carbons (Fsp3) is 0.143. The third-order valence-electron chi connectivity index (χ3n) is 1.51. The molecule has 1 rings (SSSR count). The lowest BCUT2D eigenvalue weighted by Crippen LogP contribution is -2.21. The molecule has 0 fully saturated rings. The minimum absolute atomic E-state index is 0.0137. The summed E-state index contributed by atoms with van der Waals surface area (Å²) in [6.45, 7) is 0. The number of hydrogen-bond acceptors (Lipinski definition) is 3. The van der Waals surface area contributed by atoms with Crippen LogP contribution in [0.3, 0.4) is 0 Å². The second-order valence-corrected chi connectivity index (χ2v) is 2.33. The molecule has 0 unspecified atom stereocenters. The molecule has 1 aromatic heterocycles. The quantitative estimate of drug-likeness (QED) is 0.285. The topological polar surface area (TPSA) is 69.0 Å². The van der Waals surface area contributed by atoms with E-state index < -0.39 is 0 Å². The summed E-state index contributed by atoms with van der Waals surface area (Å²) in [4.78, 5) is 3.97. The standard InChI is InChI=1S/C7H10BN3O/c1-10-7(9)6-3-2-5(8-12)4-11-6/h2-4,8,12H,1H3,(H2,9,10). The van der Waals surface area contributed by atoms with Crippen molar-refractivity contribution in [3.8, 4) is 0 Å². The Morgan fingerprint density at radius 3 is 2.83 bits per heavy atom. The van der Waals surface area contributed by atoms with Crippen molar-refractivity contribution >= 4 is 18.8 Å². The van der Waals surface area contributed by atoms with Crippen LogP contribution in [-0.2, 0) is 0 Å². The van der Waals surface area contributed by atoms with E-state index in [2.05, 4.69) is 10.3 Å². The molecule has 62 valence electrons. The molecule has 1 heterocycles. The lowest BCUT2D eigenvalue weighted by Gasteiger charge is -2.01. The van der Waals surface area contributed by atoms with Crippen LogP contribution in [0.4, 0.5) is 0 Å². The maximum atomic E-state index is 8.71. The SMILES string of the molecule is CNC(=N)c1ccc(BO)cn1. The van der Waals surface area contributed by atoms with E-state index in [1.807, 2.05) is 0 Å². The van der Waals surface area contributed by atoms with Crippen LogP contribution in [0.15, 0.2) is 18.3 Å². The molecular formula is C7H10BN3O. The number of amidine groups is 1. The highest BCUT2D eigenvalue weighted by molar-refractivity contribution is 6.45. The number of pyridine rings is 1. The molecule has 0 saturated carbocycles. The van der Waals surface area contributed by atoms with Gasteiger partial charge in [-0.15, -0.1) is 0 Å². The lowest BCUT2D eigenvalue weighted by molar-refractivity contribution is 0.615. The maximum Gasteiger partial charge on any atom is 0.306 e. The molecule has 0 aromatic carbocycles. The van der Waals surface area contributed by atoms with Crippen LogP contribution in [0, 0.1) is 5.41 Å². The molecule has 0 saturated heterocycles. The molecule has 0 amide bonds. The molecule has 4 nitrogen and oxygen atoms in total. The molecule has 0 bridgehead atoms. The molecular weight excluding hydrogens is 153 g/mol. The van der Waals surface area contributed by atoms with Crippen LogP contribution in [0.2, 0.25) is 0 Å². The molecule has 0 spiro atoms. The van der Waals surface area contributed by atoms with E-state index in [0.717, 1.165) is 5.46 Å². The van der Waals surface area contributed by atoms with Gasteiger partial charge in [0.25, 0.3) is 0 Å². The molecule has 3 N–H and O–H groups in total. The van der Waals surface area contributed by atoms with Gasteiger partial charge in [0.2, 0.25) is 0 Å². The van der Waals surface area contributed by atoms with Crippen LogP contribution in [0.5, 0.6) is 0 Å². The van der Waals surface area contributed by atoms with Gasteiger partial charge in [0.05, 0.1) is 0 Å². The summed E-state index contributed by atoms with van der Waals surface area (Å²) < 4.78 is 0. The van der Waals surface area contributed by atoms with Crippen molar-refractivity contribution < 1.29 is 5.02 Å². The first-order valence-corrected chi connectivity index (χ1v) is 3.60. The zero-order valence-electron chi connectivity index (χ0n) is 6.83. The normalized spacial score (nSPS) is 9.17. The van der Waals surface area contributed by atoms with E-state index in [1.54, 1.807) is 25.4 Å². The highest BCUT2D eigenvalue weighted by Crippen LogP contribution is 1.89. The molecule has 0 aliphatic carbocycles. The minimum atomic E-state index is -0.0137. The van der Waals surface area contributed by atoms with Crippen LogP contribution < -0.4 is 10.8 Å². The van der Waals surface area contributed by atoms with E-state index >= 15 is 0 Å². The summed E-state index contributed by atoms with van der Waals surface area (Å²) in [5.74, 6) is 0.277. The van der Waals surface area contributed by atoms with Crippen molar-refractivity contribution in [3.63, 3.8) is 0 Å². The zero-order valence-corrected chi connectivity index (χ0v) is 6.83. The van der Waals surface area contributed by atoms with Gasteiger partial charge in [-0.1, -0.05) is 6.07 Å². The van der Waals surface area contributed by atoms with E-state index in [0.29, 0.717) is 5.69 Å². The highest BCUT2D eigenvalue weighted by Gasteiger charge is 1.99. The highest BCUT2D eigenvalue weighted by atomic mass is 16.2. The first-order valence-electron chi connectivity index (χ1n) is 3.60. The van der Waals surface area contributed by atoms with Crippen LogP contribution in [0.25, 0.3) is 0 Å². The van der Waals surface area contributed by atoms with E-state index in [-0.39, 0.29) is 13.3 Å². The van der Waals surface area contributed by atoms with E-state index in [1.165, 1.54) is 0 Å². The first-order chi connectivity index (χ1) is 5.77. The van der Waals surface area contributed by atoms with Crippen molar-refractivity contribution in [1.29, 1.82) is 5.41 Å². The van der Waals surface area contributed by atoms with Gasteiger partial charge in [0, 0.05) is 13.2 Å². The fourth-order valence-corrected chi connectivity index (χ4v) is 0.794. The van der Waals surface area contributed by atoms with Gasteiger partial charge in [0.15, 0.2) is 0 Å². The molecule has 12 heavy (non-hydrogen) atoms. The smallest absolute Gasteiger partial charge is 0.306 e. The predicted molar refractivity (Wildman–Crippen MR) is 49.1 cm³/mol. The van der Waals surface area contributed by atoms with Crippen LogP contribution >= 0.6 is 0 Å². The van der Waals surface area contributed by atoms with Gasteiger partial charge in [-0.25, -0.2) is 0 Å². The predicted octanol–water partition coefficient (Wildman–Crippen LogP) is -1.40. The summed E-state index contributed by atoms with van der Waals surface area (Å²) in [5.41, 5.74) is 1.33. The Labute approximate surface area is 71.4 Å². The third-order valence-corrected chi connectivity index (χ3v) is 1.51. The number of hydrogen-bond donors (Lipinski definition) is 3. The van der Waals surface area contributed by atoms with Crippen molar-refractivity contribution in [1.82, 2.24) is 10.3 Å². The lowest BCUT2D eigenvalue weighted by atomic mass is 9.91.